The minimum absolute atomic E-state index is 0.906. The van der Waals surface area contributed by atoms with Crippen molar-refractivity contribution in [2.75, 3.05) is 0 Å². The maximum atomic E-state index is 2.25. The lowest BCUT2D eigenvalue weighted by Crippen LogP contribution is -2.07. The Morgan fingerprint density at radius 1 is 1.15 bits per heavy atom. The second-order valence-electron chi connectivity index (χ2n) is 3.36. The minimum atomic E-state index is 0.906. The number of benzene rings is 1. The molecule has 1 heteroatoms. The summed E-state index contributed by atoms with van der Waals surface area (Å²) in [5.74, 6) is 0. The maximum Gasteiger partial charge on any atom is 0.0652 e. The van der Waals surface area contributed by atoms with Crippen molar-refractivity contribution in [1.29, 1.82) is 0 Å². The maximum absolute atomic E-state index is 2.25. The van der Waals surface area contributed by atoms with Gasteiger partial charge in [-0.25, -0.2) is 0 Å². The van der Waals surface area contributed by atoms with E-state index in [0.29, 0.717) is 0 Å². The van der Waals surface area contributed by atoms with Crippen LogP contribution in [-0.2, 0) is 0 Å². The fourth-order valence-corrected chi connectivity index (χ4v) is 3.35. The number of hydrogen-bond donors (Lipinski definition) is 0. The second-order valence-corrected chi connectivity index (χ2v) is 4.75. The molecule has 1 radical (unpaired) electrons. The van der Waals surface area contributed by atoms with E-state index < -0.39 is 0 Å². The largest absolute Gasteiger partial charge is 0.0805 e. The van der Waals surface area contributed by atoms with Crippen molar-refractivity contribution in [1.82, 2.24) is 0 Å². The van der Waals surface area contributed by atoms with E-state index >= 15 is 0 Å². The smallest absolute Gasteiger partial charge is 0.0652 e. The molecule has 0 saturated heterocycles. The molecule has 0 bridgehead atoms. The topological polar surface area (TPSA) is 0 Å². The van der Waals surface area contributed by atoms with Crippen molar-refractivity contribution in [3.05, 3.63) is 48.1 Å². The van der Waals surface area contributed by atoms with Crippen molar-refractivity contribution in [3.8, 4) is 0 Å². The van der Waals surface area contributed by atoms with Crippen LogP contribution < -0.4 is 5.19 Å². The quantitative estimate of drug-likeness (QED) is 0.533. The van der Waals surface area contributed by atoms with E-state index in [-0.39, 0.29) is 0 Å². The molecule has 1 aromatic carbocycles. The van der Waals surface area contributed by atoms with Crippen molar-refractivity contribution in [2.45, 2.75) is 6.42 Å². The molecule has 0 fully saturated rings. The summed E-state index contributed by atoms with van der Waals surface area (Å²) in [4.78, 5) is 0. The van der Waals surface area contributed by atoms with Gasteiger partial charge in [-0.1, -0.05) is 47.7 Å². The third-order valence-corrected chi connectivity index (χ3v) is 4.03. The van der Waals surface area contributed by atoms with Gasteiger partial charge in [0.25, 0.3) is 0 Å². The van der Waals surface area contributed by atoms with Crippen LogP contribution in [0.5, 0.6) is 0 Å². The molecule has 0 saturated carbocycles. The lowest BCUT2D eigenvalue weighted by molar-refractivity contribution is 1.50. The summed E-state index contributed by atoms with van der Waals surface area (Å²) in [5, 5.41) is 3.14. The van der Waals surface area contributed by atoms with Crippen LogP contribution in [0.25, 0.3) is 5.57 Å². The highest BCUT2D eigenvalue weighted by Gasteiger charge is 2.17. The molecule has 1 aromatic rings. The van der Waals surface area contributed by atoms with Gasteiger partial charge in [0.15, 0.2) is 0 Å². The van der Waals surface area contributed by atoms with Crippen LogP contribution in [0, 0.1) is 0 Å². The molecule has 2 aliphatic rings. The zero-order valence-corrected chi connectivity index (χ0v) is 8.25. The number of rotatable bonds is 0. The highest BCUT2D eigenvalue weighted by molar-refractivity contribution is 6.78. The van der Waals surface area contributed by atoms with Crippen molar-refractivity contribution in [2.24, 2.45) is 0 Å². The molecule has 61 valence electrons. The third kappa shape index (κ3) is 1.01. The third-order valence-electron chi connectivity index (χ3n) is 2.55. The molecule has 13 heavy (non-hydrogen) atoms. The van der Waals surface area contributed by atoms with Gasteiger partial charge in [0.2, 0.25) is 0 Å². The van der Waals surface area contributed by atoms with Crippen LogP contribution in [-0.4, -0.2) is 14.3 Å². The SMILES string of the molecule is C1=CCC2=[Si]c3ccccc3C2=C1. The number of allylic oxidation sites excluding steroid dienone is 4. The van der Waals surface area contributed by atoms with Gasteiger partial charge in [-0.05, 0) is 22.7 Å². The Labute approximate surface area is 80.0 Å². The Morgan fingerprint density at radius 3 is 3.08 bits per heavy atom. The predicted molar refractivity (Wildman–Crippen MR) is 58.6 cm³/mol. The van der Waals surface area contributed by atoms with E-state index in [1.165, 1.54) is 16.3 Å². The van der Waals surface area contributed by atoms with E-state index in [0.717, 1.165) is 15.6 Å². The second kappa shape index (κ2) is 2.64. The molecular weight excluding hydrogens is 172 g/mol. The van der Waals surface area contributed by atoms with Crippen LogP contribution in [0.3, 0.4) is 0 Å². The van der Waals surface area contributed by atoms with Gasteiger partial charge in [-0.15, -0.1) is 0 Å². The molecular formula is C12H9Si. The Bertz CT molecular complexity index is 450. The molecule has 1 aliphatic heterocycles. The minimum Gasteiger partial charge on any atom is -0.0805 e. The summed E-state index contributed by atoms with van der Waals surface area (Å²) >= 11 is 0. The summed E-state index contributed by atoms with van der Waals surface area (Å²) < 4.78 is 0. The monoisotopic (exact) mass is 181 g/mol. The number of hydrogen-bond acceptors (Lipinski definition) is 0. The molecule has 0 amide bonds. The van der Waals surface area contributed by atoms with E-state index in [2.05, 4.69) is 42.5 Å². The molecule has 0 aromatic heterocycles. The van der Waals surface area contributed by atoms with Crippen LogP contribution in [0.2, 0.25) is 0 Å². The van der Waals surface area contributed by atoms with E-state index in [9.17, 15) is 0 Å². The van der Waals surface area contributed by atoms with E-state index in [1.807, 2.05) is 0 Å². The van der Waals surface area contributed by atoms with Crippen LogP contribution in [0.1, 0.15) is 12.0 Å². The first-order valence-electron chi connectivity index (χ1n) is 4.54. The van der Waals surface area contributed by atoms with Crippen LogP contribution in [0.15, 0.2) is 42.5 Å². The summed E-state index contributed by atoms with van der Waals surface area (Å²) in [6.45, 7) is 0. The van der Waals surface area contributed by atoms with Crippen LogP contribution in [0.4, 0.5) is 0 Å². The van der Waals surface area contributed by atoms with Crippen molar-refractivity contribution < 1.29 is 0 Å². The zero-order chi connectivity index (χ0) is 8.67. The standard InChI is InChI=1S/C12H9Si/c1-3-7-11-9(5-1)10-6-2-4-8-12(10)13-11/h1-7H,8H2. The molecule has 0 nitrogen and oxygen atoms in total. The fraction of sp³-hybridized carbons (Fsp3) is 0.0833. The first-order valence-corrected chi connectivity index (χ1v) is 5.54. The normalized spacial score (nSPS) is 17.5. The lowest BCUT2D eigenvalue weighted by Gasteiger charge is -2.07. The van der Waals surface area contributed by atoms with Crippen LogP contribution >= 0.6 is 0 Å². The van der Waals surface area contributed by atoms with Crippen molar-refractivity contribution >= 4 is 25.1 Å². The molecule has 3 rings (SSSR count). The number of fused-ring (bicyclic) bond motifs is 3. The van der Waals surface area contributed by atoms with Gasteiger partial charge in [-0.3, -0.25) is 0 Å². The fourth-order valence-electron chi connectivity index (χ4n) is 1.92. The molecule has 1 aliphatic carbocycles. The van der Waals surface area contributed by atoms with Gasteiger partial charge in [0, 0.05) is 0 Å². The Hall–Kier alpha value is -1.21. The summed E-state index contributed by atoms with van der Waals surface area (Å²) in [5.41, 5.74) is 2.94. The Balaban J connectivity index is 2.26. The van der Waals surface area contributed by atoms with E-state index in [1.54, 1.807) is 5.17 Å². The first-order chi connectivity index (χ1) is 6.45. The summed E-state index contributed by atoms with van der Waals surface area (Å²) in [6, 6.07) is 8.75. The molecule has 0 spiro atoms. The van der Waals surface area contributed by atoms with Gasteiger partial charge >= 0.3 is 0 Å². The van der Waals surface area contributed by atoms with Gasteiger partial charge < -0.3 is 0 Å². The Morgan fingerprint density at radius 2 is 2.08 bits per heavy atom. The molecule has 1 heterocycles. The predicted octanol–water partition coefficient (Wildman–Crippen LogP) is 1.55. The Kier molecular flexibility index (Phi) is 1.46. The molecule has 0 atom stereocenters. The van der Waals surface area contributed by atoms with E-state index in [4.69, 9.17) is 0 Å². The highest BCUT2D eigenvalue weighted by Crippen LogP contribution is 2.22. The summed E-state index contributed by atoms with van der Waals surface area (Å²) in [6.07, 6.45) is 7.82. The van der Waals surface area contributed by atoms with Gasteiger partial charge in [0.05, 0.1) is 9.13 Å². The molecule has 0 unspecified atom stereocenters. The lowest BCUT2D eigenvalue weighted by atomic mass is 9.98. The van der Waals surface area contributed by atoms with Crippen molar-refractivity contribution in [3.63, 3.8) is 0 Å². The average molecular weight is 181 g/mol. The summed E-state index contributed by atoms with van der Waals surface area (Å²) in [7, 11) is 0.906. The zero-order valence-electron chi connectivity index (χ0n) is 7.25. The highest BCUT2D eigenvalue weighted by atomic mass is 28.2. The van der Waals surface area contributed by atoms with Gasteiger partial charge in [-0.2, -0.15) is 0 Å². The van der Waals surface area contributed by atoms with Gasteiger partial charge in [0.1, 0.15) is 0 Å². The average Bonchev–Trinajstić information content (AvgIpc) is 2.56. The first kappa shape index (κ1) is 7.22. The molecule has 0 N–H and O–H groups in total.